The van der Waals surface area contributed by atoms with Crippen LogP contribution in [0, 0.1) is 9.39 Å². The van der Waals surface area contributed by atoms with Crippen molar-refractivity contribution >= 4 is 39.6 Å². The summed E-state index contributed by atoms with van der Waals surface area (Å²) in [6, 6.07) is 4.23. The van der Waals surface area contributed by atoms with Gasteiger partial charge in [-0.05, 0) is 54.5 Å². The first kappa shape index (κ1) is 12.8. The largest absolute Gasteiger partial charge is 0.369 e. The zero-order chi connectivity index (χ0) is 13.9. The van der Waals surface area contributed by atoms with Gasteiger partial charge in [-0.25, -0.2) is 9.37 Å². The average molecular weight is 386 g/mol. The molecule has 0 amide bonds. The fourth-order valence-electron chi connectivity index (χ4n) is 3.81. The number of imidazole rings is 1. The third kappa shape index (κ3) is 1.77. The lowest BCUT2D eigenvalue weighted by Crippen LogP contribution is -2.28. The SMILES string of the molecule is Nc1nc2cc(I)c(F)cc2n1C1CCN2CCCC12. The third-order valence-electron chi connectivity index (χ3n) is 4.66. The number of hydrogen-bond donors (Lipinski definition) is 1. The monoisotopic (exact) mass is 386 g/mol. The van der Waals surface area contributed by atoms with Gasteiger partial charge in [0.05, 0.1) is 20.6 Å². The number of nitrogens with zero attached hydrogens (tertiary/aromatic N) is 3. The first-order chi connectivity index (χ1) is 9.65. The number of nitrogens with two attached hydrogens (primary N) is 1. The molecule has 2 aliphatic rings. The van der Waals surface area contributed by atoms with E-state index in [9.17, 15) is 4.39 Å². The van der Waals surface area contributed by atoms with Gasteiger partial charge in [-0.1, -0.05) is 0 Å². The minimum atomic E-state index is -0.194. The van der Waals surface area contributed by atoms with Crippen LogP contribution in [0.25, 0.3) is 11.0 Å². The topological polar surface area (TPSA) is 47.1 Å². The van der Waals surface area contributed by atoms with Crippen molar-refractivity contribution in [3.63, 3.8) is 0 Å². The Morgan fingerprint density at radius 3 is 2.95 bits per heavy atom. The van der Waals surface area contributed by atoms with Gasteiger partial charge in [0.2, 0.25) is 5.95 Å². The lowest BCUT2D eigenvalue weighted by molar-refractivity contribution is 0.293. The van der Waals surface area contributed by atoms with Gasteiger partial charge in [0.25, 0.3) is 0 Å². The molecule has 2 N–H and O–H groups in total. The number of fused-ring (bicyclic) bond motifs is 2. The fourth-order valence-corrected chi connectivity index (χ4v) is 4.27. The van der Waals surface area contributed by atoms with Crippen LogP contribution in [0.15, 0.2) is 12.1 Å². The molecule has 2 fully saturated rings. The van der Waals surface area contributed by atoms with Crippen LogP contribution in [0.3, 0.4) is 0 Å². The van der Waals surface area contributed by atoms with Gasteiger partial charge in [0.1, 0.15) is 5.82 Å². The number of anilines is 1. The Morgan fingerprint density at radius 1 is 1.25 bits per heavy atom. The first-order valence-electron chi connectivity index (χ1n) is 7.01. The Balaban J connectivity index is 1.87. The van der Waals surface area contributed by atoms with Gasteiger partial charge < -0.3 is 10.3 Å². The summed E-state index contributed by atoms with van der Waals surface area (Å²) in [5.74, 6) is 0.320. The van der Waals surface area contributed by atoms with E-state index >= 15 is 0 Å². The number of benzene rings is 1. The van der Waals surface area contributed by atoms with E-state index in [-0.39, 0.29) is 5.82 Å². The standard InChI is InChI=1S/C14H16FIN4/c15-8-6-13-10(7-9(8)16)18-14(17)20(13)12-3-5-19-4-1-2-11(12)19/h6-7,11-12H,1-5H2,(H2,17,18). The van der Waals surface area contributed by atoms with Crippen LogP contribution in [0.1, 0.15) is 25.3 Å². The van der Waals surface area contributed by atoms with Crippen molar-refractivity contribution < 1.29 is 4.39 Å². The van der Waals surface area contributed by atoms with E-state index in [1.54, 1.807) is 12.1 Å². The highest BCUT2D eigenvalue weighted by atomic mass is 127. The molecule has 106 valence electrons. The normalized spacial score (nSPS) is 26.5. The fraction of sp³-hybridized carbons (Fsp3) is 0.500. The summed E-state index contributed by atoms with van der Waals surface area (Å²) >= 11 is 1.99. The summed E-state index contributed by atoms with van der Waals surface area (Å²) in [6.45, 7) is 2.29. The Hall–Kier alpha value is -0.890. The highest BCUT2D eigenvalue weighted by Gasteiger charge is 2.39. The molecule has 0 aliphatic carbocycles. The van der Waals surface area contributed by atoms with Gasteiger partial charge in [-0.2, -0.15) is 0 Å². The molecule has 2 unspecified atom stereocenters. The quantitative estimate of drug-likeness (QED) is 0.767. The zero-order valence-electron chi connectivity index (χ0n) is 11.0. The van der Waals surface area contributed by atoms with E-state index in [1.807, 2.05) is 22.6 Å². The molecule has 3 heterocycles. The molecule has 1 aromatic heterocycles. The maximum atomic E-state index is 13.9. The van der Waals surface area contributed by atoms with E-state index in [1.165, 1.54) is 19.4 Å². The van der Waals surface area contributed by atoms with Gasteiger partial charge in [-0.3, -0.25) is 4.90 Å². The number of aromatic nitrogens is 2. The summed E-state index contributed by atoms with van der Waals surface area (Å²) in [4.78, 5) is 6.95. The van der Waals surface area contributed by atoms with Crippen molar-refractivity contribution in [3.8, 4) is 0 Å². The Bertz CT molecular complexity index is 683. The van der Waals surface area contributed by atoms with Crippen LogP contribution in [-0.4, -0.2) is 33.6 Å². The molecule has 0 bridgehead atoms. The van der Waals surface area contributed by atoms with Crippen molar-refractivity contribution in [2.24, 2.45) is 0 Å². The van der Waals surface area contributed by atoms with Crippen LogP contribution < -0.4 is 5.73 Å². The van der Waals surface area contributed by atoms with Crippen LogP contribution >= 0.6 is 22.6 Å². The number of hydrogen-bond acceptors (Lipinski definition) is 3. The maximum absolute atomic E-state index is 13.9. The molecule has 20 heavy (non-hydrogen) atoms. The molecule has 2 aliphatic heterocycles. The Kier molecular flexibility index (Phi) is 2.92. The minimum absolute atomic E-state index is 0.194. The molecule has 0 radical (unpaired) electrons. The molecule has 1 aromatic carbocycles. The van der Waals surface area contributed by atoms with Crippen molar-refractivity contribution in [2.45, 2.75) is 31.3 Å². The predicted molar refractivity (Wildman–Crippen MR) is 85.1 cm³/mol. The molecule has 2 atom stereocenters. The summed E-state index contributed by atoms with van der Waals surface area (Å²) in [5.41, 5.74) is 7.75. The molecule has 4 nitrogen and oxygen atoms in total. The Morgan fingerprint density at radius 2 is 2.10 bits per heavy atom. The maximum Gasteiger partial charge on any atom is 0.201 e. The second-order valence-electron chi connectivity index (χ2n) is 5.70. The van der Waals surface area contributed by atoms with Crippen molar-refractivity contribution in [3.05, 3.63) is 21.5 Å². The van der Waals surface area contributed by atoms with E-state index in [0.29, 0.717) is 21.6 Å². The van der Waals surface area contributed by atoms with Gasteiger partial charge in [-0.15, -0.1) is 0 Å². The number of nitrogen functional groups attached to an aromatic ring is 1. The van der Waals surface area contributed by atoms with Crippen molar-refractivity contribution in [1.82, 2.24) is 14.5 Å². The number of halogens is 2. The van der Waals surface area contributed by atoms with Crippen LogP contribution in [-0.2, 0) is 0 Å². The van der Waals surface area contributed by atoms with Crippen molar-refractivity contribution in [2.75, 3.05) is 18.8 Å². The molecule has 0 spiro atoms. The summed E-state index contributed by atoms with van der Waals surface area (Å²) in [6.07, 6.45) is 3.53. The van der Waals surface area contributed by atoms with Gasteiger partial charge >= 0.3 is 0 Å². The molecule has 4 rings (SSSR count). The van der Waals surface area contributed by atoms with Gasteiger partial charge in [0, 0.05) is 18.7 Å². The van der Waals surface area contributed by atoms with E-state index in [2.05, 4.69) is 14.5 Å². The zero-order valence-corrected chi connectivity index (χ0v) is 13.2. The summed E-state index contributed by atoms with van der Waals surface area (Å²) in [5, 5.41) is 0. The van der Waals surface area contributed by atoms with E-state index in [0.717, 1.165) is 24.0 Å². The molecular formula is C14H16FIN4. The Labute approximate surface area is 130 Å². The lowest BCUT2D eigenvalue weighted by atomic mass is 10.1. The molecular weight excluding hydrogens is 370 g/mol. The van der Waals surface area contributed by atoms with Crippen LogP contribution in [0.5, 0.6) is 0 Å². The van der Waals surface area contributed by atoms with Crippen LogP contribution in [0.4, 0.5) is 10.3 Å². The average Bonchev–Trinajstić information content (AvgIpc) is 3.05. The third-order valence-corrected chi connectivity index (χ3v) is 5.49. The van der Waals surface area contributed by atoms with E-state index in [4.69, 9.17) is 5.73 Å². The summed E-state index contributed by atoms with van der Waals surface area (Å²) in [7, 11) is 0. The summed E-state index contributed by atoms with van der Waals surface area (Å²) < 4.78 is 16.5. The smallest absolute Gasteiger partial charge is 0.201 e. The molecule has 2 saturated heterocycles. The molecule has 6 heteroatoms. The predicted octanol–water partition coefficient (Wildman–Crippen LogP) is 2.77. The van der Waals surface area contributed by atoms with Crippen molar-refractivity contribution in [1.29, 1.82) is 0 Å². The minimum Gasteiger partial charge on any atom is -0.369 e. The highest BCUT2D eigenvalue weighted by Crippen LogP contribution is 2.39. The lowest BCUT2D eigenvalue weighted by Gasteiger charge is -2.22. The molecule has 0 saturated carbocycles. The second-order valence-corrected chi connectivity index (χ2v) is 6.86. The molecule has 2 aromatic rings. The van der Waals surface area contributed by atoms with Gasteiger partial charge in [0.15, 0.2) is 0 Å². The van der Waals surface area contributed by atoms with Crippen LogP contribution in [0.2, 0.25) is 0 Å². The second kappa shape index (κ2) is 4.56. The first-order valence-corrected chi connectivity index (χ1v) is 8.09. The highest BCUT2D eigenvalue weighted by molar-refractivity contribution is 14.1. The van der Waals surface area contributed by atoms with E-state index < -0.39 is 0 Å². The number of rotatable bonds is 1.